The van der Waals surface area contributed by atoms with Crippen molar-refractivity contribution in [2.45, 2.75) is 33.8 Å². The Morgan fingerprint density at radius 2 is 1.84 bits per heavy atom. The Hall–Kier alpha value is -1.61. The van der Waals surface area contributed by atoms with Crippen molar-refractivity contribution in [1.82, 2.24) is 0 Å². The van der Waals surface area contributed by atoms with Crippen LogP contribution in [0.5, 0.6) is 5.75 Å². The minimum Gasteiger partial charge on any atom is -0.489 e. The molecule has 0 saturated heterocycles. The molecule has 2 aromatic rings. The second-order valence-electron chi connectivity index (χ2n) is 4.68. The largest absolute Gasteiger partial charge is 0.489 e. The van der Waals surface area contributed by atoms with Crippen molar-refractivity contribution in [2.24, 2.45) is 0 Å². The zero-order valence-electron chi connectivity index (χ0n) is 11.5. The summed E-state index contributed by atoms with van der Waals surface area (Å²) in [5.74, 6) is 0.887. The normalized spacial score (nSPS) is 10.5. The van der Waals surface area contributed by atoms with Crippen LogP contribution in [0.25, 0.3) is 0 Å². The summed E-state index contributed by atoms with van der Waals surface area (Å²) < 4.78 is 5.84. The molecule has 0 aliphatic carbocycles. The van der Waals surface area contributed by atoms with E-state index in [0.717, 1.165) is 28.9 Å². The molecule has 1 aromatic carbocycles. The fraction of sp³-hybridized carbons (Fsp3) is 0.312. The predicted octanol–water partition coefficient (Wildman–Crippen LogP) is 4.32. The van der Waals surface area contributed by atoms with Crippen molar-refractivity contribution in [3.05, 3.63) is 50.7 Å². The monoisotopic (exact) mass is 274 g/mol. The Kier molecular flexibility index (Phi) is 4.38. The highest BCUT2D eigenvalue weighted by molar-refractivity contribution is 7.13. The highest BCUT2D eigenvalue weighted by Gasteiger charge is 2.08. The summed E-state index contributed by atoms with van der Waals surface area (Å²) >= 11 is 1.55. The van der Waals surface area contributed by atoms with Crippen LogP contribution in [0, 0.1) is 13.8 Å². The molecule has 0 unspecified atom stereocenters. The van der Waals surface area contributed by atoms with Crippen LogP contribution in [0.15, 0.2) is 24.3 Å². The lowest BCUT2D eigenvalue weighted by Crippen LogP contribution is -1.97. The van der Waals surface area contributed by atoms with Crippen molar-refractivity contribution in [2.75, 3.05) is 0 Å². The summed E-state index contributed by atoms with van der Waals surface area (Å²) in [4.78, 5) is 12.8. The van der Waals surface area contributed by atoms with Gasteiger partial charge in [-0.25, -0.2) is 0 Å². The van der Waals surface area contributed by atoms with Crippen molar-refractivity contribution in [3.63, 3.8) is 0 Å². The summed E-state index contributed by atoms with van der Waals surface area (Å²) in [6, 6.07) is 8.12. The van der Waals surface area contributed by atoms with Crippen molar-refractivity contribution in [1.29, 1.82) is 0 Å². The van der Waals surface area contributed by atoms with Gasteiger partial charge in [0, 0.05) is 10.4 Å². The minimum absolute atomic E-state index is 0.524. The zero-order chi connectivity index (χ0) is 13.8. The molecule has 1 heterocycles. The molecule has 0 fully saturated rings. The maximum absolute atomic E-state index is 10.8. The van der Waals surface area contributed by atoms with E-state index in [1.165, 1.54) is 16.0 Å². The smallest absolute Gasteiger partial charge is 0.160 e. The number of rotatable bonds is 5. The van der Waals surface area contributed by atoms with Crippen LogP contribution in [0.4, 0.5) is 0 Å². The Labute approximate surface area is 118 Å². The first-order valence-corrected chi connectivity index (χ1v) is 7.22. The van der Waals surface area contributed by atoms with Gasteiger partial charge in [-0.05, 0) is 49.6 Å². The van der Waals surface area contributed by atoms with E-state index >= 15 is 0 Å². The van der Waals surface area contributed by atoms with E-state index in [-0.39, 0.29) is 0 Å². The molecule has 0 N–H and O–H groups in total. The molecule has 0 saturated carbocycles. The number of aryl methyl sites for hydroxylation is 3. The van der Waals surface area contributed by atoms with E-state index in [0.29, 0.717) is 6.61 Å². The van der Waals surface area contributed by atoms with Crippen LogP contribution < -0.4 is 4.74 Å². The second-order valence-corrected chi connectivity index (χ2v) is 5.85. The SMILES string of the molecule is CCc1sc(C=O)cc1COc1cc(C)cc(C)c1. The number of carbonyl (C=O) groups excluding carboxylic acids is 1. The van der Waals surface area contributed by atoms with Crippen LogP contribution in [0.1, 0.15) is 38.2 Å². The third kappa shape index (κ3) is 3.44. The molecule has 0 spiro atoms. The van der Waals surface area contributed by atoms with E-state index in [1.54, 1.807) is 11.3 Å². The standard InChI is InChI=1S/C16H18O2S/c1-4-16-13(8-15(9-17)19-16)10-18-14-6-11(2)5-12(3)7-14/h5-9H,4,10H2,1-3H3. The number of hydrogen-bond acceptors (Lipinski definition) is 3. The second kappa shape index (κ2) is 6.02. The molecule has 100 valence electrons. The van der Waals surface area contributed by atoms with Gasteiger partial charge in [0.25, 0.3) is 0 Å². The van der Waals surface area contributed by atoms with Gasteiger partial charge >= 0.3 is 0 Å². The van der Waals surface area contributed by atoms with Gasteiger partial charge in [-0.3, -0.25) is 4.79 Å². The van der Waals surface area contributed by atoms with E-state index < -0.39 is 0 Å². The number of hydrogen-bond donors (Lipinski definition) is 0. The summed E-state index contributed by atoms with van der Waals surface area (Å²) in [5.41, 5.74) is 3.52. The molecule has 0 radical (unpaired) electrons. The average Bonchev–Trinajstić information content (AvgIpc) is 2.77. The number of ether oxygens (including phenoxy) is 1. The molecule has 2 rings (SSSR count). The molecule has 19 heavy (non-hydrogen) atoms. The maximum Gasteiger partial charge on any atom is 0.160 e. The van der Waals surface area contributed by atoms with Crippen LogP contribution in [0.3, 0.4) is 0 Å². The third-order valence-corrected chi connectivity index (χ3v) is 4.19. The van der Waals surface area contributed by atoms with Crippen LogP contribution >= 0.6 is 11.3 Å². The van der Waals surface area contributed by atoms with Crippen molar-refractivity contribution < 1.29 is 9.53 Å². The van der Waals surface area contributed by atoms with Gasteiger partial charge in [-0.2, -0.15) is 0 Å². The first-order chi connectivity index (χ1) is 9.12. The van der Waals surface area contributed by atoms with Gasteiger partial charge in [-0.15, -0.1) is 11.3 Å². The first-order valence-electron chi connectivity index (χ1n) is 6.40. The zero-order valence-corrected chi connectivity index (χ0v) is 12.3. The van der Waals surface area contributed by atoms with E-state index in [1.807, 2.05) is 18.2 Å². The summed E-state index contributed by atoms with van der Waals surface area (Å²) in [7, 11) is 0. The van der Waals surface area contributed by atoms with E-state index in [9.17, 15) is 4.79 Å². The van der Waals surface area contributed by atoms with Gasteiger partial charge in [-0.1, -0.05) is 13.0 Å². The lowest BCUT2D eigenvalue weighted by molar-refractivity contribution is 0.112. The van der Waals surface area contributed by atoms with Crippen LogP contribution in [-0.2, 0) is 13.0 Å². The van der Waals surface area contributed by atoms with Gasteiger partial charge in [0.1, 0.15) is 12.4 Å². The number of benzene rings is 1. The summed E-state index contributed by atoms with van der Waals surface area (Å²) in [6.07, 6.45) is 1.84. The molecule has 3 heteroatoms. The molecule has 0 amide bonds. The Bertz CT molecular complexity index is 564. The Morgan fingerprint density at radius 3 is 2.42 bits per heavy atom. The molecule has 1 aromatic heterocycles. The fourth-order valence-corrected chi connectivity index (χ4v) is 3.07. The molecule has 0 aliphatic heterocycles. The Morgan fingerprint density at radius 1 is 1.16 bits per heavy atom. The fourth-order valence-electron chi connectivity index (χ4n) is 2.15. The predicted molar refractivity (Wildman–Crippen MR) is 79.3 cm³/mol. The van der Waals surface area contributed by atoms with Gasteiger partial charge in [0.05, 0.1) is 4.88 Å². The van der Waals surface area contributed by atoms with E-state index in [2.05, 4.69) is 26.8 Å². The van der Waals surface area contributed by atoms with Crippen molar-refractivity contribution in [3.8, 4) is 5.75 Å². The van der Waals surface area contributed by atoms with E-state index in [4.69, 9.17) is 4.74 Å². The summed E-state index contributed by atoms with van der Waals surface area (Å²) in [6.45, 7) is 6.75. The molecule has 0 aliphatic rings. The molecular formula is C16H18O2S. The highest BCUT2D eigenvalue weighted by Crippen LogP contribution is 2.24. The molecule has 2 nitrogen and oxygen atoms in total. The minimum atomic E-state index is 0.524. The van der Waals surface area contributed by atoms with Gasteiger partial charge < -0.3 is 4.74 Å². The van der Waals surface area contributed by atoms with Crippen molar-refractivity contribution >= 4 is 17.6 Å². The van der Waals surface area contributed by atoms with Gasteiger partial charge in [0.15, 0.2) is 6.29 Å². The lowest BCUT2D eigenvalue weighted by atomic mass is 10.1. The maximum atomic E-state index is 10.8. The topological polar surface area (TPSA) is 26.3 Å². The average molecular weight is 274 g/mol. The molecule has 0 atom stereocenters. The number of carbonyl (C=O) groups is 1. The Balaban J connectivity index is 2.13. The molecule has 0 bridgehead atoms. The number of aldehydes is 1. The van der Waals surface area contributed by atoms with Gasteiger partial charge in [0.2, 0.25) is 0 Å². The quantitative estimate of drug-likeness (QED) is 0.759. The van der Waals surface area contributed by atoms with Crippen LogP contribution in [0.2, 0.25) is 0 Å². The summed E-state index contributed by atoms with van der Waals surface area (Å²) in [5, 5.41) is 0. The van der Waals surface area contributed by atoms with Crippen LogP contribution in [-0.4, -0.2) is 6.29 Å². The lowest BCUT2D eigenvalue weighted by Gasteiger charge is -2.08. The number of thiophene rings is 1. The third-order valence-electron chi connectivity index (χ3n) is 2.94. The first kappa shape index (κ1) is 13.8. The molecular weight excluding hydrogens is 256 g/mol. The highest BCUT2D eigenvalue weighted by atomic mass is 32.1.